The minimum absolute atomic E-state index is 0.175. The lowest BCUT2D eigenvalue weighted by atomic mass is 10.3. The van der Waals surface area contributed by atoms with Gasteiger partial charge in [0.1, 0.15) is 16.9 Å². The Balaban J connectivity index is 2.09. The number of aromatic carboxylic acids is 1. The molecule has 2 N–H and O–H groups in total. The topological polar surface area (TPSA) is 82.1 Å². The summed E-state index contributed by atoms with van der Waals surface area (Å²) < 4.78 is 0. The molecule has 6 nitrogen and oxygen atoms in total. The van der Waals surface area contributed by atoms with Crippen molar-refractivity contribution < 1.29 is 9.90 Å². The molecule has 88 valence electrons. The zero-order chi connectivity index (χ0) is 11.8. The van der Waals surface area contributed by atoms with Crippen molar-refractivity contribution in [2.75, 3.05) is 18.0 Å². The minimum atomic E-state index is -0.982. The van der Waals surface area contributed by atoms with Crippen LogP contribution < -0.4 is 4.90 Å². The van der Waals surface area contributed by atoms with E-state index in [2.05, 4.69) is 19.9 Å². The third kappa shape index (κ3) is 1.61. The van der Waals surface area contributed by atoms with Crippen LogP contribution in [0.2, 0.25) is 0 Å². The van der Waals surface area contributed by atoms with Crippen LogP contribution in [0.4, 0.5) is 5.82 Å². The molecule has 1 fully saturated rings. The summed E-state index contributed by atoms with van der Waals surface area (Å²) in [5, 5.41) is 9.03. The molecule has 1 aliphatic heterocycles. The zero-order valence-corrected chi connectivity index (χ0v) is 9.18. The second kappa shape index (κ2) is 3.73. The fraction of sp³-hybridized carbons (Fsp3) is 0.364. The van der Waals surface area contributed by atoms with E-state index < -0.39 is 5.97 Å². The van der Waals surface area contributed by atoms with E-state index >= 15 is 0 Å². The number of rotatable bonds is 2. The minimum Gasteiger partial charge on any atom is -0.478 e. The molecule has 0 spiro atoms. The first kappa shape index (κ1) is 10.1. The summed E-state index contributed by atoms with van der Waals surface area (Å²) in [7, 11) is 0. The molecular weight excluding hydrogens is 220 g/mol. The van der Waals surface area contributed by atoms with Gasteiger partial charge in [-0.2, -0.15) is 0 Å². The van der Waals surface area contributed by atoms with E-state index in [9.17, 15) is 4.79 Å². The van der Waals surface area contributed by atoms with Crippen LogP contribution in [-0.2, 0) is 0 Å². The number of nitrogens with zero attached hydrogens (tertiary/aromatic N) is 3. The summed E-state index contributed by atoms with van der Waals surface area (Å²) in [5.74, 6) is -0.221. The largest absolute Gasteiger partial charge is 0.478 e. The fourth-order valence-corrected chi connectivity index (χ4v) is 2.14. The highest BCUT2D eigenvalue weighted by atomic mass is 16.4. The monoisotopic (exact) mass is 232 g/mol. The van der Waals surface area contributed by atoms with Gasteiger partial charge < -0.3 is 15.0 Å². The summed E-state index contributed by atoms with van der Waals surface area (Å²) in [4.78, 5) is 24.5. The number of carboxylic acids is 1. The Labute approximate surface area is 97.3 Å². The lowest BCUT2D eigenvalue weighted by Gasteiger charge is -2.15. The molecule has 0 saturated carbocycles. The van der Waals surface area contributed by atoms with Gasteiger partial charge >= 0.3 is 5.97 Å². The lowest BCUT2D eigenvalue weighted by molar-refractivity contribution is 0.0699. The Morgan fingerprint density at radius 3 is 2.88 bits per heavy atom. The van der Waals surface area contributed by atoms with Gasteiger partial charge in [-0.15, -0.1) is 0 Å². The van der Waals surface area contributed by atoms with Crippen molar-refractivity contribution in [3.8, 4) is 0 Å². The lowest BCUT2D eigenvalue weighted by Crippen LogP contribution is -2.19. The average Bonchev–Trinajstić information content (AvgIpc) is 2.97. The van der Waals surface area contributed by atoms with Crippen LogP contribution in [0.5, 0.6) is 0 Å². The Bertz CT molecular complexity index is 572. The maximum Gasteiger partial charge on any atom is 0.339 e. The van der Waals surface area contributed by atoms with Gasteiger partial charge in [0.05, 0.1) is 6.20 Å². The van der Waals surface area contributed by atoms with Gasteiger partial charge in [0.25, 0.3) is 0 Å². The van der Waals surface area contributed by atoms with Gasteiger partial charge in [-0.05, 0) is 12.8 Å². The fourth-order valence-electron chi connectivity index (χ4n) is 2.14. The quantitative estimate of drug-likeness (QED) is 0.814. The summed E-state index contributed by atoms with van der Waals surface area (Å²) in [6, 6.07) is 0. The number of H-pyrrole nitrogens is 1. The van der Waals surface area contributed by atoms with Crippen molar-refractivity contribution in [2.45, 2.75) is 12.8 Å². The number of carbonyl (C=O) groups is 1. The number of carboxylic acid groups (broad SMARTS) is 1. The van der Waals surface area contributed by atoms with Crippen molar-refractivity contribution >= 4 is 23.0 Å². The first-order valence-electron chi connectivity index (χ1n) is 5.58. The standard InChI is InChI=1S/C11H12N4O2/c16-11(17)7-5-12-10-9(7)14-8(6-13-10)15-3-1-2-4-15/h5-6H,1-4H2,(H,12,13)(H,16,17). The molecule has 0 radical (unpaired) electrons. The Morgan fingerprint density at radius 2 is 2.18 bits per heavy atom. The Morgan fingerprint density at radius 1 is 1.41 bits per heavy atom. The van der Waals surface area contributed by atoms with Crippen molar-refractivity contribution in [1.82, 2.24) is 15.0 Å². The molecule has 0 amide bonds. The SMILES string of the molecule is O=C(O)c1c[nH]c2ncc(N3CCCC3)nc12. The first-order valence-corrected chi connectivity index (χ1v) is 5.58. The van der Waals surface area contributed by atoms with Crippen LogP contribution >= 0.6 is 0 Å². The van der Waals surface area contributed by atoms with E-state index in [4.69, 9.17) is 5.11 Å². The number of fused-ring (bicyclic) bond motifs is 1. The van der Waals surface area contributed by atoms with Crippen LogP contribution in [0, 0.1) is 0 Å². The second-order valence-electron chi connectivity index (χ2n) is 4.13. The second-order valence-corrected chi connectivity index (χ2v) is 4.13. The van der Waals surface area contributed by atoms with Crippen molar-refractivity contribution in [1.29, 1.82) is 0 Å². The van der Waals surface area contributed by atoms with Gasteiger partial charge in [0.2, 0.25) is 0 Å². The highest BCUT2D eigenvalue weighted by molar-refractivity contribution is 6.00. The molecule has 2 aromatic rings. The van der Waals surface area contributed by atoms with Crippen LogP contribution in [-0.4, -0.2) is 39.1 Å². The third-order valence-corrected chi connectivity index (χ3v) is 3.03. The van der Waals surface area contributed by atoms with E-state index in [0.29, 0.717) is 11.2 Å². The van der Waals surface area contributed by atoms with E-state index in [1.54, 1.807) is 6.20 Å². The first-order chi connectivity index (χ1) is 8.25. The molecule has 0 aliphatic carbocycles. The normalized spacial score (nSPS) is 15.6. The van der Waals surface area contributed by atoms with Crippen LogP contribution in [0.3, 0.4) is 0 Å². The molecule has 6 heteroatoms. The molecule has 3 heterocycles. The summed E-state index contributed by atoms with van der Waals surface area (Å²) >= 11 is 0. The van der Waals surface area contributed by atoms with Crippen LogP contribution in [0.25, 0.3) is 11.2 Å². The smallest absolute Gasteiger partial charge is 0.339 e. The maximum atomic E-state index is 11.0. The van der Waals surface area contributed by atoms with E-state index in [1.165, 1.54) is 6.20 Å². The number of anilines is 1. The molecule has 1 aliphatic rings. The Hall–Kier alpha value is -2.11. The summed E-state index contributed by atoms with van der Waals surface area (Å²) in [5.41, 5.74) is 1.13. The molecule has 1 saturated heterocycles. The van der Waals surface area contributed by atoms with Crippen LogP contribution in [0.15, 0.2) is 12.4 Å². The van der Waals surface area contributed by atoms with Gasteiger partial charge in [-0.3, -0.25) is 0 Å². The van der Waals surface area contributed by atoms with Gasteiger partial charge in [-0.1, -0.05) is 0 Å². The highest BCUT2D eigenvalue weighted by Gasteiger charge is 2.17. The van der Waals surface area contributed by atoms with Gasteiger partial charge in [0, 0.05) is 19.3 Å². The average molecular weight is 232 g/mol. The summed E-state index contributed by atoms with van der Waals surface area (Å²) in [6.45, 7) is 1.93. The van der Waals surface area contributed by atoms with E-state index in [1.807, 2.05) is 0 Å². The van der Waals surface area contributed by atoms with E-state index in [-0.39, 0.29) is 5.56 Å². The van der Waals surface area contributed by atoms with E-state index in [0.717, 1.165) is 31.7 Å². The maximum absolute atomic E-state index is 11.0. The molecular formula is C11H12N4O2. The predicted molar refractivity (Wildman–Crippen MR) is 62.3 cm³/mol. The van der Waals surface area contributed by atoms with Crippen molar-refractivity contribution in [3.05, 3.63) is 18.0 Å². The van der Waals surface area contributed by atoms with Gasteiger partial charge in [-0.25, -0.2) is 14.8 Å². The van der Waals surface area contributed by atoms with Crippen LogP contribution in [0.1, 0.15) is 23.2 Å². The number of nitrogens with one attached hydrogen (secondary N) is 1. The molecule has 0 aromatic carbocycles. The number of aromatic nitrogens is 3. The molecule has 2 aromatic heterocycles. The summed E-state index contributed by atoms with van der Waals surface area (Å²) in [6.07, 6.45) is 5.42. The molecule has 17 heavy (non-hydrogen) atoms. The number of aromatic amines is 1. The third-order valence-electron chi connectivity index (χ3n) is 3.03. The number of hydrogen-bond donors (Lipinski definition) is 2. The predicted octanol–water partition coefficient (Wildman–Crippen LogP) is 1.26. The molecule has 0 atom stereocenters. The van der Waals surface area contributed by atoms with Crippen molar-refractivity contribution in [2.24, 2.45) is 0 Å². The Kier molecular flexibility index (Phi) is 2.21. The highest BCUT2D eigenvalue weighted by Crippen LogP contribution is 2.21. The molecule has 3 rings (SSSR count). The molecule has 0 unspecified atom stereocenters. The zero-order valence-electron chi connectivity index (χ0n) is 9.18. The number of hydrogen-bond acceptors (Lipinski definition) is 4. The molecule has 0 bridgehead atoms. The van der Waals surface area contributed by atoms with Crippen molar-refractivity contribution in [3.63, 3.8) is 0 Å². The van der Waals surface area contributed by atoms with Gasteiger partial charge in [0.15, 0.2) is 5.65 Å².